The van der Waals surface area contributed by atoms with Gasteiger partial charge in [0.2, 0.25) is 0 Å². The Hall–Kier alpha value is -1.25. The molecular formula is C24H34ClN7Y-2. The van der Waals surface area contributed by atoms with Crippen LogP contribution in [0.25, 0.3) is 21.6 Å². The van der Waals surface area contributed by atoms with Crippen molar-refractivity contribution >= 4 is 34.0 Å². The van der Waals surface area contributed by atoms with Gasteiger partial charge in [-0.25, -0.2) is 0 Å². The van der Waals surface area contributed by atoms with Crippen LogP contribution in [0.15, 0.2) is 42.7 Å². The average molecular weight is 545 g/mol. The van der Waals surface area contributed by atoms with Crippen molar-refractivity contribution in [3.63, 3.8) is 0 Å². The first kappa shape index (κ1) is 28.0. The minimum atomic E-state index is 0. The Bertz CT molecular complexity index is 873. The maximum absolute atomic E-state index is 9.99. The summed E-state index contributed by atoms with van der Waals surface area (Å²) in [5.41, 5.74) is 2.00. The largest absolute Gasteiger partial charge is 0.693 e. The van der Waals surface area contributed by atoms with Gasteiger partial charge in [0.1, 0.15) is 0 Å². The fourth-order valence-corrected chi connectivity index (χ4v) is 4.04. The van der Waals surface area contributed by atoms with Crippen molar-refractivity contribution in [1.82, 2.24) is 20.1 Å². The van der Waals surface area contributed by atoms with Crippen molar-refractivity contribution in [2.45, 2.75) is 19.3 Å². The average Bonchev–Trinajstić information content (AvgIpc) is 3.41. The van der Waals surface area contributed by atoms with E-state index in [0.29, 0.717) is 10.9 Å². The fraction of sp³-hybridized carbons (Fsp3) is 0.500. The van der Waals surface area contributed by atoms with Crippen LogP contribution in [-0.2, 0) is 32.7 Å². The van der Waals surface area contributed by atoms with Crippen LogP contribution < -0.4 is 10.6 Å². The van der Waals surface area contributed by atoms with Gasteiger partial charge in [-0.2, -0.15) is 6.20 Å². The molecule has 33 heavy (non-hydrogen) atoms. The normalized spacial score (nSPS) is 16.2. The smallest absolute Gasteiger partial charge is 0.0737 e. The van der Waals surface area contributed by atoms with Gasteiger partial charge in [-0.3, -0.25) is 4.98 Å². The maximum Gasteiger partial charge on any atom is 0.0737 e. The molecule has 7 nitrogen and oxygen atoms in total. The molecular weight excluding hydrogens is 511 g/mol. The van der Waals surface area contributed by atoms with Crippen molar-refractivity contribution < 1.29 is 32.7 Å². The van der Waals surface area contributed by atoms with E-state index in [2.05, 4.69) is 25.8 Å². The number of amidine groups is 1. The number of pyridine rings is 1. The summed E-state index contributed by atoms with van der Waals surface area (Å²) in [5.74, 6) is 0.298. The zero-order chi connectivity index (χ0) is 22.6. The number of hydrogen-bond donors (Lipinski definition) is 2. The molecule has 0 spiro atoms. The van der Waals surface area contributed by atoms with Crippen molar-refractivity contribution in [3.05, 3.63) is 58.5 Å². The number of aromatic nitrogens is 1. The first-order valence-electron chi connectivity index (χ1n) is 11.4. The van der Waals surface area contributed by atoms with E-state index in [1.54, 1.807) is 19.3 Å². The number of hydrogen-bond acceptors (Lipinski definition) is 4. The Balaban J connectivity index is 0.000000568. The molecule has 2 aromatic rings. The standard InChI is InChI=1S/C20H25ClN6.C4H9N.Y/c1-23-8-6-20(22)27-13-11-26(12-14-27)10-2-7-24-18-5-9-25-19-15-16(21)3-4-17(18)19;1-2-4-5-3-1;/h3-6,8-9,15H,2,7,10-14H2,1H3,(H,24,25);5H,1-4H2;/q-2;;/b8-6-;;. The maximum atomic E-state index is 9.99. The van der Waals surface area contributed by atoms with Crippen LogP contribution in [0.4, 0.5) is 5.69 Å². The Kier molecular flexibility index (Phi) is 13.2. The summed E-state index contributed by atoms with van der Waals surface area (Å²) in [6.07, 6.45) is 8.90. The van der Waals surface area contributed by atoms with E-state index in [-0.39, 0.29) is 32.7 Å². The Morgan fingerprint density at radius 1 is 1.21 bits per heavy atom. The molecule has 2 aliphatic heterocycles. The van der Waals surface area contributed by atoms with Crippen LogP contribution >= 0.6 is 11.6 Å². The third kappa shape index (κ3) is 9.49. The summed E-state index contributed by atoms with van der Waals surface area (Å²) >= 11 is 6.04. The predicted molar refractivity (Wildman–Crippen MR) is 137 cm³/mol. The van der Waals surface area contributed by atoms with Crippen molar-refractivity contribution in [2.75, 3.05) is 64.7 Å². The molecule has 177 valence electrons. The quantitative estimate of drug-likeness (QED) is 0.311. The summed E-state index contributed by atoms with van der Waals surface area (Å²) in [4.78, 5) is 8.80. The topological polar surface area (TPSA) is 79.8 Å². The number of anilines is 1. The van der Waals surface area contributed by atoms with Gasteiger partial charge in [0.25, 0.3) is 0 Å². The Morgan fingerprint density at radius 2 is 1.97 bits per heavy atom. The summed E-state index contributed by atoms with van der Waals surface area (Å²) < 4.78 is 0. The summed E-state index contributed by atoms with van der Waals surface area (Å²) in [7, 11) is 1.69. The monoisotopic (exact) mass is 544 g/mol. The summed E-state index contributed by atoms with van der Waals surface area (Å²) in [6.45, 7) is 8.03. The van der Waals surface area contributed by atoms with Gasteiger partial charge in [-0.15, -0.1) is 7.05 Å². The minimum absolute atomic E-state index is 0. The number of nitrogens with one attached hydrogen (secondary N) is 2. The molecule has 0 unspecified atom stereocenters. The van der Waals surface area contributed by atoms with Crippen LogP contribution in [0.1, 0.15) is 19.3 Å². The molecule has 3 heterocycles. The molecule has 0 atom stereocenters. The Labute approximate surface area is 228 Å². The molecule has 0 amide bonds. The molecule has 2 aliphatic rings. The van der Waals surface area contributed by atoms with Crippen LogP contribution in [0.5, 0.6) is 0 Å². The fourth-order valence-electron chi connectivity index (χ4n) is 3.87. The number of halogens is 1. The second-order valence-electron chi connectivity index (χ2n) is 8.02. The van der Waals surface area contributed by atoms with Gasteiger partial charge >= 0.3 is 0 Å². The number of nitrogens with zero attached hydrogens (tertiary/aromatic N) is 5. The van der Waals surface area contributed by atoms with Crippen molar-refractivity contribution in [2.24, 2.45) is 0 Å². The first-order valence-corrected chi connectivity index (χ1v) is 11.8. The second kappa shape index (κ2) is 15.6. The molecule has 0 aliphatic carbocycles. The van der Waals surface area contributed by atoms with E-state index in [4.69, 9.17) is 11.6 Å². The molecule has 2 N–H and O–H groups in total. The van der Waals surface area contributed by atoms with Gasteiger partial charge in [0, 0.05) is 61.5 Å². The van der Waals surface area contributed by atoms with E-state index in [0.717, 1.165) is 62.3 Å². The molecule has 0 saturated carbocycles. The van der Waals surface area contributed by atoms with Gasteiger partial charge in [0.15, 0.2) is 0 Å². The number of piperazine rings is 1. The zero-order valence-electron chi connectivity index (χ0n) is 19.5. The van der Waals surface area contributed by atoms with Crippen LogP contribution in [-0.4, -0.2) is 80.0 Å². The van der Waals surface area contributed by atoms with Gasteiger partial charge < -0.3 is 31.2 Å². The zero-order valence-corrected chi connectivity index (χ0v) is 23.1. The van der Waals surface area contributed by atoms with E-state index < -0.39 is 0 Å². The van der Waals surface area contributed by atoms with Crippen LogP contribution in [0, 0.1) is 0 Å². The molecule has 1 radical (unpaired) electrons. The van der Waals surface area contributed by atoms with E-state index in [9.17, 15) is 5.41 Å². The van der Waals surface area contributed by atoms with E-state index in [1.165, 1.54) is 25.9 Å². The molecule has 4 rings (SSSR count). The van der Waals surface area contributed by atoms with E-state index in [1.807, 2.05) is 35.4 Å². The van der Waals surface area contributed by atoms with E-state index >= 15 is 0 Å². The third-order valence-electron chi connectivity index (χ3n) is 5.70. The number of fused-ring (bicyclic) bond motifs is 1. The molecule has 2 saturated heterocycles. The molecule has 0 bridgehead atoms. The number of benzene rings is 1. The molecule has 9 heteroatoms. The minimum Gasteiger partial charge on any atom is -0.693 e. The predicted octanol–water partition coefficient (Wildman–Crippen LogP) is 4.16. The number of rotatable bonds is 7. The van der Waals surface area contributed by atoms with Gasteiger partial charge in [-0.1, -0.05) is 23.5 Å². The van der Waals surface area contributed by atoms with Crippen LogP contribution in [0.2, 0.25) is 5.02 Å². The van der Waals surface area contributed by atoms with Crippen molar-refractivity contribution in [3.8, 4) is 0 Å². The Morgan fingerprint density at radius 3 is 2.64 bits per heavy atom. The summed E-state index contributed by atoms with van der Waals surface area (Å²) in [6, 6.07) is 7.80. The summed E-state index contributed by atoms with van der Waals surface area (Å²) in [5, 5.41) is 22.4. The molecule has 2 fully saturated rings. The third-order valence-corrected chi connectivity index (χ3v) is 5.93. The molecule has 1 aromatic heterocycles. The van der Waals surface area contributed by atoms with Gasteiger partial charge in [0.05, 0.1) is 5.52 Å². The second-order valence-corrected chi connectivity index (χ2v) is 8.45. The molecule has 1 aromatic carbocycles. The van der Waals surface area contributed by atoms with Gasteiger partial charge in [-0.05, 0) is 89.3 Å². The van der Waals surface area contributed by atoms with Crippen molar-refractivity contribution in [1.29, 1.82) is 0 Å². The van der Waals surface area contributed by atoms with Crippen LogP contribution in [0.3, 0.4) is 0 Å². The SMILES string of the molecule is C1CCNC1.C[N-]/C=C\C(=[N-])N1CCN(CCCNc2ccnc3cc(Cl)ccc23)CC1.[Y]. The first-order chi connectivity index (χ1) is 15.7.